The molecule has 25 heavy (non-hydrogen) atoms. The Kier molecular flexibility index (Phi) is 5.31. The van der Waals surface area contributed by atoms with E-state index < -0.39 is 6.10 Å². The molecule has 0 spiro atoms. The van der Waals surface area contributed by atoms with Crippen LogP contribution in [0.4, 0.5) is 0 Å². The summed E-state index contributed by atoms with van der Waals surface area (Å²) >= 11 is 0. The minimum Gasteiger partial charge on any atom is -0.484 e. The number of hydrogen-bond acceptors (Lipinski definition) is 3. The summed E-state index contributed by atoms with van der Waals surface area (Å²) in [5.74, 6) is 0.394. The number of hydrogen-bond donors (Lipinski definition) is 2. The Morgan fingerprint density at radius 2 is 1.84 bits per heavy atom. The van der Waals surface area contributed by atoms with Gasteiger partial charge in [0.1, 0.15) is 5.75 Å². The largest absolute Gasteiger partial charge is 0.484 e. The standard InChI is InChI=1S/C21H21NO3/c1-15-6-4-9-17(12-15)25-14-21(24)22-13-20(23)19-11-5-8-16-7-2-3-10-18(16)19/h2-12,20,23H,13-14H2,1H3,(H,22,24). The second-order valence-corrected chi connectivity index (χ2v) is 5.99. The van der Waals surface area contributed by atoms with Crippen molar-refractivity contribution in [2.45, 2.75) is 13.0 Å². The van der Waals surface area contributed by atoms with Crippen molar-refractivity contribution >= 4 is 16.7 Å². The summed E-state index contributed by atoms with van der Waals surface area (Å²) in [5.41, 5.74) is 1.88. The molecule has 4 nitrogen and oxygen atoms in total. The average Bonchev–Trinajstić information content (AvgIpc) is 2.64. The molecule has 1 unspecified atom stereocenters. The van der Waals surface area contributed by atoms with Crippen molar-refractivity contribution in [2.75, 3.05) is 13.2 Å². The summed E-state index contributed by atoms with van der Waals surface area (Å²) in [6.45, 7) is 2.03. The molecule has 3 rings (SSSR count). The highest BCUT2D eigenvalue weighted by Crippen LogP contribution is 2.23. The van der Waals surface area contributed by atoms with Crippen LogP contribution in [-0.2, 0) is 4.79 Å². The third kappa shape index (κ3) is 4.37. The van der Waals surface area contributed by atoms with Gasteiger partial charge in [0.2, 0.25) is 0 Å². The fourth-order valence-electron chi connectivity index (χ4n) is 2.77. The summed E-state index contributed by atoms with van der Waals surface area (Å²) in [6, 6.07) is 21.2. The minimum absolute atomic E-state index is 0.0777. The second-order valence-electron chi connectivity index (χ2n) is 5.99. The smallest absolute Gasteiger partial charge is 0.258 e. The van der Waals surface area contributed by atoms with Crippen molar-refractivity contribution in [2.24, 2.45) is 0 Å². The number of carbonyl (C=O) groups is 1. The molecule has 1 atom stereocenters. The summed E-state index contributed by atoms with van der Waals surface area (Å²) in [6.07, 6.45) is -0.769. The molecule has 2 N–H and O–H groups in total. The van der Waals surface area contributed by atoms with Gasteiger partial charge in [0, 0.05) is 6.54 Å². The van der Waals surface area contributed by atoms with Crippen LogP contribution in [0.2, 0.25) is 0 Å². The molecule has 1 amide bonds. The van der Waals surface area contributed by atoms with E-state index in [2.05, 4.69) is 5.32 Å². The minimum atomic E-state index is -0.769. The molecule has 0 saturated carbocycles. The molecule has 0 aromatic heterocycles. The zero-order chi connectivity index (χ0) is 17.6. The maximum atomic E-state index is 12.0. The Labute approximate surface area is 147 Å². The number of amides is 1. The lowest BCUT2D eigenvalue weighted by molar-refractivity contribution is -0.123. The van der Waals surface area contributed by atoms with Crippen LogP contribution in [-0.4, -0.2) is 24.2 Å². The van der Waals surface area contributed by atoms with Crippen LogP contribution in [0.15, 0.2) is 66.7 Å². The van der Waals surface area contributed by atoms with Gasteiger partial charge in [-0.3, -0.25) is 4.79 Å². The Hall–Kier alpha value is -2.85. The predicted molar refractivity (Wildman–Crippen MR) is 98.6 cm³/mol. The van der Waals surface area contributed by atoms with E-state index in [4.69, 9.17) is 4.74 Å². The molecule has 0 aliphatic rings. The third-order valence-corrected chi connectivity index (χ3v) is 4.03. The first kappa shape index (κ1) is 17.0. The molecule has 3 aromatic carbocycles. The summed E-state index contributed by atoms with van der Waals surface area (Å²) in [7, 11) is 0. The van der Waals surface area contributed by atoms with Gasteiger partial charge in [0.05, 0.1) is 6.10 Å². The van der Waals surface area contributed by atoms with Crippen molar-refractivity contribution in [1.82, 2.24) is 5.32 Å². The number of rotatable bonds is 6. The molecule has 3 aromatic rings. The molecular weight excluding hydrogens is 314 g/mol. The molecule has 0 aliphatic heterocycles. The van der Waals surface area contributed by atoms with Crippen molar-refractivity contribution in [1.29, 1.82) is 0 Å². The van der Waals surface area contributed by atoms with Crippen LogP contribution in [0.25, 0.3) is 10.8 Å². The van der Waals surface area contributed by atoms with E-state index in [1.807, 2.05) is 73.7 Å². The van der Waals surface area contributed by atoms with Gasteiger partial charge in [0.15, 0.2) is 6.61 Å². The van der Waals surface area contributed by atoms with Crippen molar-refractivity contribution in [3.8, 4) is 5.75 Å². The lowest BCUT2D eigenvalue weighted by atomic mass is 10.0. The molecule has 0 radical (unpaired) electrons. The van der Waals surface area contributed by atoms with Crippen LogP contribution in [0.5, 0.6) is 5.75 Å². The first-order valence-corrected chi connectivity index (χ1v) is 8.25. The fraction of sp³-hybridized carbons (Fsp3) is 0.190. The summed E-state index contributed by atoms with van der Waals surface area (Å²) < 4.78 is 5.46. The van der Waals surface area contributed by atoms with Crippen LogP contribution >= 0.6 is 0 Å². The number of carbonyl (C=O) groups excluding carboxylic acids is 1. The Morgan fingerprint density at radius 1 is 1.08 bits per heavy atom. The molecule has 0 fully saturated rings. The van der Waals surface area contributed by atoms with Gasteiger partial charge in [-0.25, -0.2) is 0 Å². The van der Waals surface area contributed by atoms with Crippen LogP contribution in [0.3, 0.4) is 0 Å². The van der Waals surface area contributed by atoms with Crippen molar-refractivity contribution in [3.63, 3.8) is 0 Å². The number of aliphatic hydroxyl groups is 1. The highest BCUT2D eigenvalue weighted by molar-refractivity contribution is 5.86. The van der Waals surface area contributed by atoms with Gasteiger partial charge in [-0.2, -0.15) is 0 Å². The number of benzene rings is 3. The van der Waals surface area contributed by atoms with Crippen LogP contribution < -0.4 is 10.1 Å². The van der Waals surface area contributed by atoms with Crippen LogP contribution in [0.1, 0.15) is 17.2 Å². The maximum Gasteiger partial charge on any atom is 0.258 e. The van der Waals surface area contributed by atoms with Gasteiger partial charge >= 0.3 is 0 Å². The average molecular weight is 335 g/mol. The number of fused-ring (bicyclic) bond motifs is 1. The zero-order valence-corrected chi connectivity index (χ0v) is 14.1. The number of ether oxygens (including phenoxy) is 1. The highest BCUT2D eigenvalue weighted by Gasteiger charge is 2.12. The predicted octanol–water partition coefficient (Wildman–Crippen LogP) is 3.38. The zero-order valence-electron chi connectivity index (χ0n) is 14.1. The normalized spacial score (nSPS) is 11.9. The number of aliphatic hydroxyl groups excluding tert-OH is 1. The maximum absolute atomic E-state index is 12.0. The monoisotopic (exact) mass is 335 g/mol. The first-order chi connectivity index (χ1) is 12.1. The molecule has 0 saturated heterocycles. The second kappa shape index (κ2) is 7.81. The van der Waals surface area contributed by atoms with Gasteiger partial charge in [-0.1, -0.05) is 54.6 Å². The molecule has 0 aliphatic carbocycles. The van der Waals surface area contributed by atoms with E-state index in [-0.39, 0.29) is 19.1 Å². The first-order valence-electron chi connectivity index (χ1n) is 8.25. The summed E-state index contributed by atoms with van der Waals surface area (Å²) in [4.78, 5) is 12.0. The SMILES string of the molecule is Cc1cccc(OCC(=O)NCC(O)c2cccc3ccccc23)c1. The molecule has 0 bridgehead atoms. The lowest BCUT2D eigenvalue weighted by Crippen LogP contribution is -2.32. The number of aryl methyl sites for hydroxylation is 1. The Balaban J connectivity index is 1.56. The Bertz CT molecular complexity index is 870. The molecular formula is C21H21NO3. The molecule has 4 heteroatoms. The van der Waals surface area contributed by atoms with E-state index in [0.29, 0.717) is 5.75 Å². The third-order valence-electron chi connectivity index (χ3n) is 4.03. The fourth-order valence-corrected chi connectivity index (χ4v) is 2.77. The topological polar surface area (TPSA) is 58.6 Å². The van der Waals surface area contributed by atoms with E-state index in [1.54, 1.807) is 0 Å². The van der Waals surface area contributed by atoms with Crippen LogP contribution in [0, 0.1) is 6.92 Å². The van der Waals surface area contributed by atoms with E-state index >= 15 is 0 Å². The van der Waals surface area contributed by atoms with Crippen molar-refractivity contribution < 1.29 is 14.6 Å². The van der Waals surface area contributed by atoms with Crippen molar-refractivity contribution in [3.05, 3.63) is 77.9 Å². The summed E-state index contributed by atoms with van der Waals surface area (Å²) in [5, 5.41) is 15.2. The molecule has 128 valence electrons. The van der Waals surface area contributed by atoms with E-state index in [1.165, 1.54) is 0 Å². The molecule has 0 heterocycles. The van der Waals surface area contributed by atoms with E-state index in [9.17, 15) is 9.90 Å². The van der Waals surface area contributed by atoms with Gasteiger partial charge in [-0.15, -0.1) is 0 Å². The quantitative estimate of drug-likeness (QED) is 0.726. The van der Waals surface area contributed by atoms with E-state index in [0.717, 1.165) is 21.9 Å². The Morgan fingerprint density at radius 3 is 2.68 bits per heavy atom. The highest BCUT2D eigenvalue weighted by atomic mass is 16.5. The van der Waals surface area contributed by atoms with Gasteiger partial charge in [-0.05, 0) is 41.0 Å². The van der Waals surface area contributed by atoms with Gasteiger partial charge < -0.3 is 15.2 Å². The van der Waals surface area contributed by atoms with Gasteiger partial charge in [0.25, 0.3) is 5.91 Å². The number of nitrogens with one attached hydrogen (secondary N) is 1. The lowest BCUT2D eigenvalue weighted by Gasteiger charge is -2.15.